The number of rotatable bonds is 2. The van der Waals surface area contributed by atoms with Crippen LogP contribution in [0.5, 0.6) is 0 Å². The molecule has 22 heavy (non-hydrogen) atoms. The lowest BCUT2D eigenvalue weighted by Crippen LogP contribution is -2.10. The van der Waals surface area contributed by atoms with Gasteiger partial charge >= 0.3 is 6.18 Å². The average molecular weight is 338 g/mol. The minimum Gasteiger partial charge on any atom is -0.341 e. The lowest BCUT2D eigenvalue weighted by Gasteiger charge is -2.12. The fourth-order valence-electron chi connectivity index (χ4n) is 1.69. The van der Waals surface area contributed by atoms with Gasteiger partial charge in [0.25, 0.3) is 0 Å². The number of thioether (sulfide) groups is 1. The minimum absolute atomic E-state index is 0.194. The van der Waals surface area contributed by atoms with Gasteiger partial charge in [0.1, 0.15) is 4.32 Å². The summed E-state index contributed by atoms with van der Waals surface area (Å²) in [6.07, 6.45) is -4.59. The van der Waals surface area contributed by atoms with E-state index in [4.69, 9.17) is 17.5 Å². The maximum atomic E-state index is 12.9. The largest absolute Gasteiger partial charge is 0.417 e. The van der Waals surface area contributed by atoms with Crippen LogP contribution in [-0.4, -0.2) is 4.32 Å². The predicted molar refractivity (Wildman–Crippen MR) is 84.7 cm³/mol. The zero-order valence-electron chi connectivity index (χ0n) is 11.0. The summed E-state index contributed by atoms with van der Waals surface area (Å²) in [5.74, 6) is 0. The van der Waals surface area contributed by atoms with Crippen LogP contribution in [0.4, 0.5) is 18.9 Å². The Labute approximate surface area is 135 Å². The maximum absolute atomic E-state index is 12.9. The molecule has 0 saturated heterocycles. The second kappa shape index (κ2) is 6.81. The van der Waals surface area contributed by atoms with Crippen molar-refractivity contribution in [2.45, 2.75) is 11.1 Å². The lowest BCUT2D eigenvalue weighted by molar-refractivity contribution is -0.137. The highest BCUT2D eigenvalue weighted by atomic mass is 32.2. The number of nitrogens with one attached hydrogen (secondary N) is 1. The highest BCUT2D eigenvalue weighted by Crippen LogP contribution is 2.34. The van der Waals surface area contributed by atoms with Gasteiger partial charge in [0, 0.05) is 10.6 Å². The number of thiocarbonyl (C=S) groups is 1. The van der Waals surface area contributed by atoms with Crippen LogP contribution in [0.3, 0.4) is 0 Å². The first-order chi connectivity index (χ1) is 10.4. The monoisotopic (exact) mass is 338 g/mol. The van der Waals surface area contributed by atoms with Crippen molar-refractivity contribution in [3.8, 4) is 6.07 Å². The summed E-state index contributed by atoms with van der Waals surface area (Å²) in [4.78, 5) is 0.879. The maximum Gasteiger partial charge on any atom is 0.417 e. The Morgan fingerprint density at radius 2 is 1.82 bits per heavy atom. The number of hydrogen-bond donors (Lipinski definition) is 1. The van der Waals surface area contributed by atoms with E-state index >= 15 is 0 Å². The molecule has 7 heteroatoms. The summed E-state index contributed by atoms with van der Waals surface area (Å²) in [6, 6.07) is 14.2. The lowest BCUT2D eigenvalue weighted by atomic mass is 10.1. The molecular weight excluding hydrogens is 329 g/mol. The number of anilines is 1. The zero-order chi connectivity index (χ0) is 16.2. The van der Waals surface area contributed by atoms with Crippen LogP contribution in [0.15, 0.2) is 53.4 Å². The molecule has 0 saturated carbocycles. The third kappa shape index (κ3) is 4.23. The molecular formula is C15H9F3N2S2. The highest BCUT2D eigenvalue weighted by molar-refractivity contribution is 8.23. The van der Waals surface area contributed by atoms with Crippen molar-refractivity contribution < 1.29 is 13.2 Å². The van der Waals surface area contributed by atoms with Gasteiger partial charge in [0.2, 0.25) is 0 Å². The summed E-state index contributed by atoms with van der Waals surface area (Å²) in [5.41, 5.74) is -1.20. The second-order valence-corrected chi connectivity index (χ2v) is 5.95. The molecule has 0 unspecified atom stereocenters. The van der Waals surface area contributed by atoms with E-state index in [9.17, 15) is 13.2 Å². The number of nitrogens with zero attached hydrogens (tertiary/aromatic N) is 1. The van der Waals surface area contributed by atoms with Crippen LogP contribution < -0.4 is 5.32 Å². The van der Waals surface area contributed by atoms with Gasteiger partial charge in [0.15, 0.2) is 0 Å². The molecule has 0 aromatic heterocycles. The zero-order valence-corrected chi connectivity index (χ0v) is 12.6. The molecule has 0 bridgehead atoms. The van der Waals surface area contributed by atoms with Gasteiger partial charge in [-0.1, -0.05) is 42.2 Å². The molecule has 0 heterocycles. The highest BCUT2D eigenvalue weighted by Gasteiger charge is 2.33. The number of halogens is 3. The van der Waals surface area contributed by atoms with Crippen molar-refractivity contribution in [1.82, 2.24) is 0 Å². The molecule has 2 nitrogen and oxygen atoms in total. The number of alkyl halides is 3. The van der Waals surface area contributed by atoms with Crippen molar-refractivity contribution in [3.63, 3.8) is 0 Å². The van der Waals surface area contributed by atoms with E-state index in [0.29, 0.717) is 4.32 Å². The van der Waals surface area contributed by atoms with E-state index < -0.39 is 17.3 Å². The molecule has 2 aromatic rings. The first kappa shape index (κ1) is 16.3. The molecule has 112 valence electrons. The van der Waals surface area contributed by atoms with E-state index in [1.807, 2.05) is 30.3 Å². The number of benzene rings is 2. The summed E-state index contributed by atoms with van der Waals surface area (Å²) >= 11 is 6.36. The van der Waals surface area contributed by atoms with Crippen molar-refractivity contribution in [1.29, 1.82) is 5.26 Å². The van der Waals surface area contributed by atoms with E-state index in [2.05, 4.69) is 5.32 Å². The molecule has 0 atom stereocenters. The van der Waals surface area contributed by atoms with Crippen LogP contribution in [0.2, 0.25) is 0 Å². The summed E-state index contributed by atoms with van der Waals surface area (Å²) in [6.45, 7) is 0. The summed E-state index contributed by atoms with van der Waals surface area (Å²) < 4.78 is 39.0. The first-order valence-electron chi connectivity index (χ1n) is 6.05. The Bertz CT molecular complexity index is 722. The van der Waals surface area contributed by atoms with E-state index in [1.165, 1.54) is 23.9 Å². The summed E-state index contributed by atoms with van der Waals surface area (Å²) in [7, 11) is 0. The fourth-order valence-corrected chi connectivity index (χ4v) is 2.78. The van der Waals surface area contributed by atoms with Crippen LogP contribution >= 0.6 is 24.0 Å². The second-order valence-electron chi connectivity index (χ2n) is 4.20. The molecule has 2 rings (SSSR count). The van der Waals surface area contributed by atoms with Crippen molar-refractivity contribution in [3.05, 3.63) is 59.7 Å². The van der Waals surface area contributed by atoms with Gasteiger partial charge in [-0.2, -0.15) is 18.4 Å². The SMILES string of the molecule is N#Cc1ccc(NC(=S)Sc2ccccc2)cc1C(F)(F)F. The molecule has 1 N–H and O–H groups in total. The van der Waals surface area contributed by atoms with Gasteiger partial charge in [0.05, 0.1) is 17.2 Å². The van der Waals surface area contributed by atoms with E-state index in [0.717, 1.165) is 17.0 Å². The fraction of sp³-hybridized carbons (Fsp3) is 0.0667. The van der Waals surface area contributed by atoms with Gasteiger partial charge in [-0.3, -0.25) is 0 Å². The van der Waals surface area contributed by atoms with Crippen LogP contribution in [0.25, 0.3) is 0 Å². The van der Waals surface area contributed by atoms with Crippen LogP contribution in [0.1, 0.15) is 11.1 Å². The topological polar surface area (TPSA) is 35.8 Å². The molecule has 0 fully saturated rings. The first-order valence-corrected chi connectivity index (χ1v) is 7.28. The number of hydrogen-bond acceptors (Lipinski definition) is 3. The third-order valence-electron chi connectivity index (χ3n) is 2.65. The molecule has 0 amide bonds. The normalized spacial score (nSPS) is 10.8. The summed E-state index contributed by atoms with van der Waals surface area (Å²) in [5, 5.41) is 11.5. The van der Waals surface area contributed by atoms with Gasteiger partial charge in [-0.15, -0.1) is 0 Å². The van der Waals surface area contributed by atoms with Crippen molar-refractivity contribution in [2.24, 2.45) is 0 Å². The van der Waals surface area contributed by atoms with Crippen LogP contribution in [0, 0.1) is 11.3 Å². The smallest absolute Gasteiger partial charge is 0.341 e. The molecule has 0 radical (unpaired) electrons. The van der Waals surface area contributed by atoms with Crippen molar-refractivity contribution in [2.75, 3.05) is 5.32 Å². The Morgan fingerprint density at radius 3 is 2.41 bits per heavy atom. The quantitative estimate of drug-likeness (QED) is 0.613. The molecule has 0 aliphatic carbocycles. The van der Waals surface area contributed by atoms with Gasteiger partial charge in [-0.25, -0.2) is 0 Å². The average Bonchev–Trinajstić information content (AvgIpc) is 2.47. The third-order valence-corrected chi connectivity index (χ3v) is 3.79. The van der Waals surface area contributed by atoms with Gasteiger partial charge < -0.3 is 5.32 Å². The standard InChI is InChI=1S/C15H9F3N2S2/c16-15(17,18)13-8-11(7-6-10(13)9-19)20-14(21)22-12-4-2-1-3-5-12/h1-8H,(H,20,21). The predicted octanol–water partition coefficient (Wildman–Crippen LogP) is 5.07. The Balaban J connectivity index is 2.17. The Kier molecular flexibility index (Phi) is 5.06. The molecule has 0 aliphatic heterocycles. The minimum atomic E-state index is -4.59. The van der Waals surface area contributed by atoms with E-state index in [1.54, 1.807) is 0 Å². The van der Waals surface area contributed by atoms with Gasteiger partial charge in [-0.05, 0) is 30.3 Å². The Morgan fingerprint density at radius 1 is 1.14 bits per heavy atom. The van der Waals surface area contributed by atoms with Crippen LogP contribution in [-0.2, 0) is 6.18 Å². The molecule has 0 spiro atoms. The molecule has 0 aliphatic rings. The van der Waals surface area contributed by atoms with Crippen molar-refractivity contribution >= 4 is 34.0 Å². The van der Waals surface area contributed by atoms with E-state index in [-0.39, 0.29) is 5.69 Å². The Hall–Kier alpha value is -2.04. The molecule has 2 aromatic carbocycles. The number of nitriles is 1.